The standard InChI is InChI=1S/C12H18BrN3O/c1-8(2)16(3)7-10-5-4-9(6-11(10)13)12(17)15-14/h4-6,8H,7,14H2,1-3H3,(H,15,17). The number of halogens is 1. The maximum atomic E-state index is 11.3. The first-order valence-corrected chi connectivity index (χ1v) is 6.24. The van der Waals surface area contributed by atoms with Gasteiger partial charge < -0.3 is 0 Å². The van der Waals surface area contributed by atoms with Crippen LogP contribution in [-0.4, -0.2) is 23.9 Å². The number of nitrogens with two attached hydrogens (primary N) is 1. The number of nitrogens with zero attached hydrogens (tertiary/aromatic N) is 1. The first-order valence-electron chi connectivity index (χ1n) is 5.45. The minimum Gasteiger partial charge on any atom is -0.300 e. The molecule has 1 amide bonds. The molecule has 0 heterocycles. The molecule has 0 spiro atoms. The fourth-order valence-corrected chi connectivity index (χ4v) is 1.86. The van der Waals surface area contributed by atoms with Gasteiger partial charge in [-0.15, -0.1) is 0 Å². The highest BCUT2D eigenvalue weighted by Gasteiger charge is 2.10. The monoisotopic (exact) mass is 299 g/mol. The van der Waals surface area contributed by atoms with E-state index in [9.17, 15) is 4.79 Å². The van der Waals surface area contributed by atoms with Crippen LogP contribution in [0.1, 0.15) is 29.8 Å². The molecule has 1 rings (SSSR count). The molecule has 0 saturated heterocycles. The zero-order chi connectivity index (χ0) is 13.0. The van der Waals surface area contributed by atoms with Crippen molar-refractivity contribution in [1.82, 2.24) is 10.3 Å². The van der Waals surface area contributed by atoms with Crippen LogP contribution in [-0.2, 0) is 6.54 Å². The molecule has 0 bridgehead atoms. The molecular weight excluding hydrogens is 282 g/mol. The molecule has 0 radical (unpaired) electrons. The fraction of sp³-hybridized carbons (Fsp3) is 0.417. The average molecular weight is 300 g/mol. The summed E-state index contributed by atoms with van der Waals surface area (Å²) in [4.78, 5) is 13.6. The molecule has 5 heteroatoms. The molecule has 17 heavy (non-hydrogen) atoms. The number of hydrogen-bond acceptors (Lipinski definition) is 3. The molecule has 0 saturated carbocycles. The Bertz CT molecular complexity index is 407. The van der Waals surface area contributed by atoms with Crippen LogP contribution in [0.25, 0.3) is 0 Å². The Labute approximate surface area is 110 Å². The normalized spacial score (nSPS) is 11.0. The maximum Gasteiger partial charge on any atom is 0.265 e. The van der Waals surface area contributed by atoms with Crippen LogP contribution in [0.3, 0.4) is 0 Å². The zero-order valence-electron chi connectivity index (χ0n) is 10.3. The Balaban J connectivity index is 2.87. The number of carbonyl (C=O) groups is 1. The Morgan fingerprint density at radius 2 is 2.18 bits per heavy atom. The predicted octanol–water partition coefficient (Wildman–Crippen LogP) is 1.89. The summed E-state index contributed by atoms with van der Waals surface area (Å²) in [5, 5.41) is 0. The summed E-state index contributed by atoms with van der Waals surface area (Å²) in [5.74, 6) is 4.81. The van der Waals surface area contributed by atoms with Crippen LogP contribution < -0.4 is 11.3 Å². The van der Waals surface area contributed by atoms with E-state index in [-0.39, 0.29) is 5.91 Å². The Morgan fingerprint density at radius 3 is 2.65 bits per heavy atom. The number of rotatable bonds is 4. The molecule has 0 aliphatic rings. The predicted molar refractivity (Wildman–Crippen MR) is 72.4 cm³/mol. The van der Waals surface area contributed by atoms with E-state index in [1.807, 2.05) is 6.07 Å². The second-order valence-corrected chi connectivity index (χ2v) is 5.14. The van der Waals surface area contributed by atoms with Crippen molar-refractivity contribution in [2.24, 2.45) is 5.84 Å². The Hall–Kier alpha value is -0.910. The number of nitrogen functional groups attached to an aromatic ring is 1. The highest BCUT2D eigenvalue weighted by atomic mass is 79.9. The summed E-state index contributed by atoms with van der Waals surface area (Å²) in [6.07, 6.45) is 0. The summed E-state index contributed by atoms with van der Waals surface area (Å²) in [5.41, 5.74) is 3.82. The van der Waals surface area contributed by atoms with E-state index in [0.717, 1.165) is 16.6 Å². The molecule has 0 unspecified atom stereocenters. The molecule has 0 atom stereocenters. The van der Waals surface area contributed by atoms with Gasteiger partial charge in [-0.2, -0.15) is 0 Å². The van der Waals surface area contributed by atoms with Gasteiger partial charge in [-0.1, -0.05) is 22.0 Å². The van der Waals surface area contributed by atoms with Gasteiger partial charge in [-0.05, 0) is 38.6 Å². The Morgan fingerprint density at radius 1 is 1.53 bits per heavy atom. The lowest BCUT2D eigenvalue weighted by Crippen LogP contribution is -2.30. The van der Waals surface area contributed by atoms with Gasteiger partial charge in [0.05, 0.1) is 0 Å². The van der Waals surface area contributed by atoms with E-state index in [1.54, 1.807) is 12.1 Å². The van der Waals surface area contributed by atoms with E-state index in [2.05, 4.69) is 47.2 Å². The molecule has 0 fully saturated rings. The second kappa shape index (κ2) is 6.14. The fourth-order valence-electron chi connectivity index (χ4n) is 1.35. The summed E-state index contributed by atoms with van der Waals surface area (Å²) in [6.45, 7) is 5.12. The molecule has 0 aliphatic heterocycles. The van der Waals surface area contributed by atoms with Gasteiger partial charge in [0.15, 0.2) is 0 Å². The van der Waals surface area contributed by atoms with Crippen molar-refractivity contribution in [2.45, 2.75) is 26.4 Å². The number of nitrogens with one attached hydrogen (secondary N) is 1. The summed E-state index contributed by atoms with van der Waals surface area (Å²) < 4.78 is 0.922. The van der Waals surface area contributed by atoms with Crippen molar-refractivity contribution in [3.05, 3.63) is 33.8 Å². The molecule has 94 valence electrons. The highest BCUT2D eigenvalue weighted by Crippen LogP contribution is 2.20. The van der Waals surface area contributed by atoms with Crippen molar-refractivity contribution in [3.8, 4) is 0 Å². The summed E-state index contributed by atoms with van der Waals surface area (Å²) in [7, 11) is 2.07. The maximum absolute atomic E-state index is 11.3. The largest absolute Gasteiger partial charge is 0.300 e. The number of amides is 1. The molecule has 1 aromatic carbocycles. The highest BCUT2D eigenvalue weighted by molar-refractivity contribution is 9.10. The van der Waals surface area contributed by atoms with Crippen molar-refractivity contribution in [3.63, 3.8) is 0 Å². The van der Waals surface area contributed by atoms with Crippen LogP contribution in [0.2, 0.25) is 0 Å². The lowest BCUT2D eigenvalue weighted by atomic mass is 10.1. The van der Waals surface area contributed by atoms with Crippen LogP contribution in [0.15, 0.2) is 22.7 Å². The van der Waals surface area contributed by atoms with Gasteiger partial charge in [-0.25, -0.2) is 5.84 Å². The third-order valence-corrected chi connectivity index (χ3v) is 3.49. The third-order valence-electron chi connectivity index (χ3n) is 2.75. The van der Waals surface area contributed by atoms with E-state index >= 15 is 0 Å². The van der Waals surface area contributed by atoms with Gasteiger partial charge in [0.1, 0.15) is 0 Å². The minimum absolute atomic E-state index is 0.283. The van der Waals surface area contributed by atoms with Gasteiger partial charge in [0, 0.05) is 22.6 Å². The topological polar surface area (TPSA) is 58.4 Å². The zero-order valence-corrected chi connectivity index (χ0v) is 11.9. The lowest BCUT2D eigenvalue weighted by Gasteiger charge is -2.21. The molecule has 0 aromatic heterocycles. The van der Waals surface area contributed by atoms with Crippen molar-refractivity contribution < 1.29 is 4.79 Å². The first-order chi connectivity index (χ1) is 7.95. The number of hydrogen-bond donors (Lipinski definition) is 2. The molecule has 3 N–H and O–H groups in total. The average Bonchev–Trinajstić information content (AvgIpc) is 2.30. The summed E-state index contributed by atoms with van der Waals surface area (Å²) >= 11 is 3.47. The van der Waals surface area contributed by atoms with Crippen LogP contribution >= 0.6 is 15.9 Å². The Kier molecular flexibility index (Phi) is 5.11. The van der Waals surface area contributed by atoms with E-state index in [4.69, 9.17) is 5.84 Å². The minimum atomic E-state index is -0.283. The van der Waals surface area contributed by atoms with E-state index in [1.165, 1.54) is 0 Å². The van der Waals surface area contributed by atoms with Gasteiger partial charge >= 0.3 is 0 Å². The van der Waals surface area contributed by atoms with Crippen LogP contribution in [0.4, 0.5) is 0 Å². The van der Waals surface area contributed by atoms with Crippen molar-refractivity contribution in [2.75, 3.05) is 7.05 Å². The molecule has 1 aromatic rings. The smallest absolute Gasteiger partial charge is 0.265 e. The van der Waals surface area contributed by atoms with Crippen molar-refractivity contribution in [1.29, 1.82) is 0 Å². The quantitative estimate of drug-likeness (QED) is 0.507. The van der Waals surface area contributed by atoms with Crippen LogP contribution in [0.5, 0.6) is 0 Å². The van der Waals surface area contributed by atoms with Crippen LogP contribution in [0, 0.1) is 0 Å². The van der Waals surface area contributed by atoms with Gasteiger partial charge in [-0.3, -0.25) is 15.1 Å². The molecular formula is C12H18BrN3O. The number of hydrazine groups is 1. The SMILES string of the molecule is CC(C)N(C)Cc1ccc(C(=O)NN)cc1Br. The van der Waals surface area contributed by atoms with Gasteiger partial charge in [0.25, 0.3) is 5.91 Å². The number of carbonyl (C=O) groups excluding carboxylic acids is 1. The molecule has 0 aliphatic carbocycles. The number of benzene rings is 1. The van der Waals surface area contributed by atoms with Crippen molar-refractivity contribution >= 4 is 21.8 Å². The second-order valence-electron chi connectivity index (χ2n) is 4.29. The first kappa shape index (κ1) is 14.2. The van der Waals surface area contributed by atoms with Gasteiger partial charge in [0.2, 0.25) is 0 Å². The molecule has 4 nitrogen and oxygen atoms in total. The third kappa shape index (κ3) is 3.80. The van der Waals surface area contributed by atoms with E-state index in [0.29, 0.717) is 11.6 Å². The lowest BCUT2D eigenvalue weighted by molar-refractivity contribution is 0.0953. The van der Waals surface area contributed by atoms with E-state index < -0.39 is 0 Å². The summed E-state index contributed by atoms with van der Waals surface area (Å²) in [6, 6.07) is 5.98.